The molecule has 0 saturated carbocycles. The summed E-state index contributed by atoms with van der Waals surface area (Å²) in [6.07, 6.45) is 8.14. The molecule has 1 aromatic heterocycles. The van der Waals surface area contributed by atoms with Crippen molar-refractivity contribution in [1.29, 1.82) is 0 Å². The molecule has 2 aromatic carbocycles. The zero-order valence-corrected chi connectivity index (χ0v) is 16.8. The van der Waals surface area contributed by atoms with Crippen LogP contribution in [0, 0.1) is 0 Å². The molecule has 28 heavy (non-hydrogen) atoms. The van der Waals surface area contributed by atoms with Crippen LogP contribution >= 0.6 is 0 Å². The van der Waals surface area contributed by atoms with E-state index in [1.807, 2.05) is 49.6 Å². The summed E-state index contributed by atoms with van der Waals surface area (Å²) in [4.78, 5) is 4.65. The summed E-state index contributed by atoms with van der Waals surface area (Å²) in [6.45, 7) is 5.50. The highest BCUT2D eigenvalue weighted by molar-refractivity contribution is 5.26. The van der Waals surface area contributed by atoms with Crippen LogP contribution in [0.3, 0.4) is 0 Å². The summed E-state index contributed by atoms with van der Waals surface area (Å²) in [7, 11) is 1.67. The van der Waals surface area contributed by atoms with Crippen LogP contribution in [0.1, 0.15) is 36.7 Å². The normalized spacial score (nSPS) is 13.5. The van der Waals surface area contributed by atoms with E-state index in [-0.39, 0.29) is 12.0 Å². The van der Waals surface area contributed by atoms with E-state index in [4.69, 9.17) is 9.47 Å². The zero-order valence-electron chi connectivity index (χ0n) is 16.8. The Kier molecular flexibility index (Phi) is 7.04. The van der Waals surface area contributed by atoms with Crippen molar-refractivity contribution >= 4 is 0 Å². The fourth-order valence-electron chi connectivity index (χ4n) is 3.24. The van der Waals surface area contributed by atoms with Crippen LogP contribution in [0.5, 0.6) is 5.75 Å². The van der Waals surface area contributed by atoms with Gasteiger partial charge in [0.15, 0.2) is 0 Å². The minimum atomic E-state index is -0.00442. The van der Waals surface area contributed by atoms with Crippen molar-refractivity contribution in [2.45, 2.75) is 39.0 Å². The lowest BCUT2D eigenvalue weighted by Crippen LogP contribution is -2.21. The van der Waals surface area contributed by atoms with Crippen LogP contribution in [0.4, 0.5) is 0 Å². The summed E-state index contributed by atoms with van der Waals surface area (Å²) < 4.78 is 13.6. The van der Waals surface area contributed by atoms with E-state index in [9.17, 15) is 0 Å². The third-order valence-corrected chi connectivity index (χ3v) is 4.82. The maximum atomic E-state index is 6.20. The number of hydrogen-bond donors (Lipinski definition) is 0. The van der Waals surface area contributed by atoms with Crippen molar-refractivity contribution in [3.05, 3.63) is 96.1 Å². The third kappa shape index (κ3) is 5.11. The first-order chi connectivity index (χ1) is 13.7. The van der Waals surface area contributed by atoms with Crippen LogP contribution in [-0.2, 0) is 17.9 Å². The molecule has 0 aliphatic carbocycles. The van der Waals surface area contributed by atoms with E-state index in [1.165, 1.54) is 5.56 Å². The fraction of sp³-hybridized carbons (Fsp3) is 0.292. The van der Waals surface area contributed by atoms with Crippen molar-refractivity contribution in [2.24, 2.45) is 0 Å². The van der Waals surface area contributed by atoms with E-state index in [0.717, 1.165) is 23.7 Å². The molecule has 2 atom stereocenters. The zero-order chi connectivity index (χ0) is 19.8. The summed E-state index contributed by atoms with van der Waals surface area (Å²) in [5.74, 6) is 1.96. The minimum absolute atomic E-state index is 0.00442. The monoisotopic (exact) mass is 376 g/mol. The van der Waals surface area contributed by atoms with Gasteiger partial charge in [0.2, 0.25) is 0 Å². The summed E-state index contributed by atoms with van der Waals surface area (Å²) in [6, 6.07) is 18.4. The van der Waals surface area contributed by atoms with Gasteiger partial charge in [-0.15, -0.1) is 0 Å². The lowest BCUT2D eigenvalue weighted by molar-refractivity contribution is 0.0417. The maximum Gasteiger partial charge on any atom is 0.118 e. The molecule has 1 heterocycles. The number of nitrogens with zero attached hydrogens (tertiary/aromatic N) is 2. The predicted molar refractivity (Wildman–Crippen MR) is 113 cm³/mol. The van der Waals surface area contributed by atoms with Gasteiger partial charge in [-0.2, -0.15) is 0 Å². The van der Waals surface area contributed by atoms with Crippen molar-refractivity contribution < 1.29 is 9.47 Å². The van der Waals surface area contributed by atoms with Gasteiger partial charge in [0.1, 0.15) is 11.6 Å². The minimum Gasteiger partial charge on any atom is -0.497 e. The van der Waals surface area contributed by atoms with Gasteiger partial charge in [-0.3, -0.25) is 0 Å². The van der Waals surface area contributed by atoms with Gasteiger partial charge >= 0.3 is 0 Å². The molecule has 4 nitrogen and oxygen atoms in total. The molecule has 3 rings (SSSR count). The molecule has 0 amide bonds. The number of methoxy groups -OCH3 is 1. The summed E-state index contributed by atoms with van der Waals surface area (Å²) in [5, 5.41) is 0. The molecule has 0 spiro atoms. The first-order valence-corrected chi connectivity index (χ1v) is 9.63. The highest BCUT2D eigenvalue weighted by Gasteiger charge is 2.22. The van der Waals surface area contributed by atoms with Gasteiger partial charge in [-0.1, -0.05) is 54.6 Å². The Balaban J connectivity index is 1.71. The highest BCUT2D eigenvalue weighted by Crippen LogP contribution is 2.24. The SMILES string of the molecule is C/C=C/[C@@H](c1nccn1Cc1ccccc1)C(C)OCc1ccc(OC)cc1. The molecule has 0 aliphatic rings. The van der Waals surface area contributed by atoms with Crippen LogP contribution in [0.25, 0.3) is 0 Å². The third-order valence-electron chi connectivity index (χ3n) is 4.82. The molecule has 0 fully saturated rings. The standard InChI is InChI=1S/C24H28N2O2/c1-4-8-23(19(2)28-18-21-11-13-22(27-3)14-12-21)24-25-15-16-26(24)17-20-9-6-5-7-10-20/h4-16,19,23H,17-18H2,1-3H3/b8-4+/t19?,23-/m1/s1. The largest absolute Gasteiger partial charge is 0.497 e. The van der Waals surface area contributed by atoms with Crippen LogP contribution in [-0.4, -0.2) is 22.8 Å². The van der Waals surface area contributed by atoms with E-state index in [0.29, 0.717) is 6.61 Å². The van der Waals surface area contributed by atoms with Crippen molar-refractivity contribution in [3.8, 4) is 5.75 Å². The quantitative estimate of drug-likeness (QED) is 0.481. The van der Waals surface area contributed by atoms with Gasteiger partial charge in [-0.05, 0) is 37.1 Å². The molecule has 3 aromatic rings. The van der Waals surface area contributed by atoms with Crippen molar-refractivity contribution in [3.63, 3.8) is 0 Å². The summed E-state index contributed by atoms with van der Waals surface area (Å²) >= 11 is 0. The Morgan fingerprint density at radius 1 is 1.04 bits per heavy atom. The molecular weight excluding hydrogens is 348 g/mol. The van der Waals surface area contributed by atoms with Crippen LogP contribution in [0.15, 0.2) is 79.1 Å². The molecule has 0 radical (unpaired) electrons. The number of hydrogen-bond acceptors (Lipinski definition) is 3. The van der Waals surface area contributed by atoms with E-state index in [1.54, 1.807) is 7.11 Å². The van der Waals surface area contributed by atoms with E-state index < -0.39 is 0 Å². The van der Waals surface area contributed by atoms with Gasteiger partial charge in [0, 0.05) is 18.9 Å². The van der Waals surface area contributed by atoms with Gasteiger partial charge in [-0.25, -0.2) is 4.98 Å². The Bertz CT molecular complexity index is 869. The number of ether oxygens (including phenoxy) is 2. The van der Waals surface area contributed by atoms with Gasteiger partial charge < -0.3 is 14.0 Å². The number of allylic oxidation sites excluding steroid dienone is 1. The van der Waals surface area contributed by atoms with Gasteiger partial charge in [0.05, 0.1) is 25.7 Å². The Labute approximate surface area is 167 Å². The Morgan fingerprint density at radius 2 is 1.79 bits per heavy atom. The second-order valence-corrected chi connectivity index (χ2v) is 6.81. The molecule has 1 unspecified atom stereocenters. The van der Waals surface area contributed by atoms with E-state index in [2.05, 4.69) is 52.9 Å². The van der Waals surface area contributed by atoms with Crippen LogP contribution < -0.4 is 4.74 Å². The van der Waals surface area contributed by atoms with E-state index >= 15 is 0 Å². The lowest BCUT2D eigenvalue weighted by atomic mass is 10.0. The summed E-state index contributed by atoms with van der Waals surface area (Å²) in [5.41, 5.74) is 2.38. The average molecular weight is 377 g/mol. The van der Waals surface area contributed by atoms with Crippen molar-refractivity contribution in [1.82, 2.24) is 9.55 Å². The molecule has 4 heteroatoms. The highest BCUT2D eigenvalue weighted by atomic mass is 16.5. The molecule has 146 valence electrons. The lowest BCUT2D eigenvalue weighted by Gasteiger charge is -2.22. The topological polar surface area (TPSA) is 36.3 Å². The second kappa shape index (κ2) is 9.90. The number of imidazole rings is 1. The number of aromatic nitrogens is 2. The molecule has 0 aliphatic heterocycles. The maximum absolute atomic E-state index is 6.20. The molecule has 0 bridgehead atoms. The molecule has 0 N–H and O–H groups in total. The predicted octanol–water partition coefficient (Wildman–Crippen LogP) is 5.21. The average Bonchev–Trinajstić information content (AvgIpc) is 3.19. The fourth-order valence-corrected chi connectivity index (χ4v) is 3.24. The first-order valence-electron chi connectivity index (χ1n) is 9.63. The van der Waals surface area contributed by atoms with Crippen molar-refractivity contribution in [2.75, 3.05) is 7.11 Å². The molecule has 0 saturated heterocycles. The number of rotatable bonds is 9. The molecular formula is C24H28N2O2. The smallest absolute Gasteiger partial charge is 0.118 e. The first kappa shape index (κ1) is 19.9. The van der Waals surface area contributed by atoms with Gasteiger partial charge in [0.25, 0.3) is 0 Å². The second-order valence-electron chi connectivity index (χ2n) is 6.81. The Morgan fingerprint density at radius 3 is 2.46 bits per heavy atom. The van der Waals surface area contributed by atoms with Crippen LogP contribution in [0.2, 0.25) is 0 Å². The number of benzene rings is 2. The Hall–Kier alpha value is -2.85.